The molecule has 1 N–H and O–H groups in total. The van der Waals surface area contributed by atoms with Gasteiger partial charge in [0.1, 0.15) is 5.69 Å². The van der Waals surface area contributed by atoms with Crippen molar-refractivity contribution in [1.82, 2.24) is 0 Å². The maximum absolute atomic E-state index is 12.6. The molecule has 8 nitrogen and oxygen atoms in total. The molecular formula is C23H25Cl2N3O5. The SMILES string of the molecule is CC1CC(C)CN(c2ccc(C(=O)OC(C)C(=O)Nc3cccc(Cl)c3Cl)cc2[N+](=O)[O-])C1. The smallest absolute Gasteiger partial charge is 0.339 e. The van der Waals surface area contributed by atoms with Crippen molar-refractivity contribution in [3.63, 3.8) is 0 Å². The highest BCUT2D eigenvalue weighted by atomic mass is 35.5. The first-order valence-electron chi connectivity index (χ1n) is 10.6. The summed E-state index contributed by atoms with van der Waals surface area (Å²) in [6.45, 7) is 7.04. The Balaban J connectivity index is 1.74. The Morgan fingerprint density at radius 3 is 2.48 bits per heavy atom. The van der Waals surface area contributed by atoms with Crippen molar-refractivity contribution in [3.05, 3.63) is 62.1 Å². The minimum absolute atomic E-state index is 0.0102. The van der Waals surface area contributed by atoms with Crippen LogP contribution in [0.4, 0.5) is 17.1 Å². The number of anilines is 2. The zero-order valence-corrected chi connectivity index (χ0v) is 20.0. The fraction of sp³-hybridized carbons (Fsp3) is 0.391. The van der Waals surface area contributed by atoms with Gasteiger partial charge in [0.05, 0.1) is 26.2 Å². The summed E-state index contributed by atoms with van der Waals surface area (Å²) >= 11 is 12.0. The second-order valence-electron chi connectivity index (χ2n) is 8.45. The lowest BCUT2D eigenvalue weighted by Crippen LogP contribution is -2.39. The quantitative estimate of drug-likeness (QED) is 0.320. The van der Waals surface area contributed by atoms with Crippen LogP contribution in [0.2, 0.25) is 10.0 Å². The van der Waals surface area contributed by atoms with Crippen LogP contribution in [0.1, 0.15) is 37.6 Å². The number of amides is 1. The molecule has 0 aliphatic carbocycles. The van der Waals surface area contributed by atoms with Gasteiger partial charge >= 0.3 is 5.97 Å². The molecule has 1 fully saturated rings. The number of nitrogens with zero attached hydrogens (tertiary/aromatic N) is 2. The first-order chi connectivity index (χ1) is 15.6. The largest absolute Gasteiger partial charge is 0.449 e. The van der Waals surface area contributed by atoms with Crippen LogP contribution in [0.3, 0.4) is 0 Å². The number of rotatable bonds is 6. The van der Waals surface area contributed by atoms with Crippen molar-refractivity contribution in [2.45, 2.75) is 33.3 Å². The molecule has 1 heterocycles. The lowest BCUT2D eigenvalue weighted by molar-refractivity contribution is -0.384. The number of esters is 1. The van der Waals surface area contributed by atoms with Crippen LogP contribution in [0.15, 0.2) is 36.4 Å². The number of hydrogen-bond donors (Lipinski definition) is 1. The fourth-order valence-electron chi connectivity index (χ4n) is 4.04. The molecule has 0 spiro atoms. The predicted octanol–water partition coefficient (Wildman–Crippen LogP) is 5.57. The molecule has 3 rings (SSSR count). The number of carbonyl (C=O) groups excluding carboxylic acids is 2. The number of carbonyl (C=O) groups is 2. The van der Waals surface area contributed by atoms with Crippen molar-refractivity contribution < 1.29 is 19.2 Å². The molecule has 2 aromatic carbocycles. The number of ether oxygens (including phenoxy) is 1. The van der Waals surface area contributed by atoms with Gasteiger partial charge in [0.25, 0.3) is 11.6 Å². The van der Waals surface area contributed by atoms with Crippen LogP contribution >= 0.6 is 23.2 Å². The van der Waals surface area contributed by atoms with Gasteiger partial charge in [-0.1, -0.05) is 43.1 Å². The van der Waals surface area contributed by atoms with Crippen LogP contribution in [0.5, 0.6) is 0 Å². The molecule has 10 heteroatoms. The highest BCUT2D eigenvalue weighted by Crippen LogP contribution is 2.34. The zero-order chi connectivity index (χ0) is 24.3. The summed E-state index contributed by atoms with van der Waals surface area (Å²) in [5.41, 5.74) is 0.566. The van der Waals surface area contributed by atoms with Gasteiger partial charge in [-0.3, -0.25) is 14.9 Å². The van der Waals surface area contributed by atoms with Gasteiger partial charge in [-0.2, -0.15) is 0 Å². The van der Waals surface area contributed by atoms with E-state index in [9.17, 15) is 19.7 Å². The molecule has 0 radical (unpaired) electrons. The number of halogens is 2. The summed E-state index contributed by atoms with van der Waals surface area (Å²) in [6, 6.07) is 8.99. The Bertz CT molecular complexity index is 1070. The van der Waals surface area contributed by atoms with Crippen LogP contribution in [-0.4, -0.2) is 36.0 Å². The van der Waals surface area contributed by atoms with E-state index in [1.807, 2.05) is 4.90 Å². The van der Waals surface area contributed by atoms with Crippen molar-refractivity contribution in [3.8, 4) is 0 Å². The van der Waals surface area contributed by atoms with E-state index in [2.05, 4.69) is 19.2 Å². The van der Waals surface area contributed by atoms with E-state index in [1.165, 1.54) is 19.1 Å². The summed E-state index contributed by atoms with van der Waals surface area (Å²) in [5.74, 6) is -0.643. The van der Waals surface area contributed by atoms with Gasteiger partial charge in [-0.25, -0.2) is 4.79 Å². The van der Waals surface area contributed by atoms with E-state index < -0.39 is 22.9 Å². The summed E-state index contributed by atoms with van der Waals surface area (Å²) in [7, 11) is 0. The molecule has 1 aliphatic heterocycles. The van der Waals surface area contributed by atoms with Crippen LogP contribution in [0, 0.1) is 22.0 Å². The fourth-order valence-corrected chi connectivity index (χ4v) is 4.39. The monoisotopic (exact) mass is 493 g/mol. The molecule has 33 heavy (non-hydrogen) atoms. The molecule has 2 aromatic rings. The third kappa shape index (κ3) is 5.94. The summed E-state index contributed by atoms with van der Waals surface area (Å²) < 4.78 is 5.23. The normalized spacial score (nSPS) is 19.0. The van der Waals surface area contributed by atoms with Gasteiger partial charge < -0.3 is 15.0 Å². The van der Waals surface area contributed by atoms with Gasteiger partial charge in [0, 0.05) is 19.2 Å². The predicted molar refractivity (Wildman–Crippen MR) is 128 cm³/mol. The Hall–Kier alpha value is -2.84. The molecule has 1 saturated heterocycles. The molecule has 1 aliphatic rings. The van der Waals surface area contributed by atoms with Gasteiger partial charge in [0.15, 0.2) is 6.10 Å². The average molecular weight is 494 g/mol. The highest BCUT2D eigenvalue weighted by Gasteiger charge is 2.29. The number of nitro benzene ring substituents is 1. The third-order valence-electron chi connectivity index (χ3n) is 5.48. The molecule has 3 atom stereocenters. The summed E-state index contributed by atoms with van der Waals surface area (Å²) in [5, 5.41) is 14.7. The first-order valence-corrected chi connectivity index (χ1v) is 11.3. The van der Waals surface area contributed by atoms with Gasteiger partial charge in [0.2, 0.25) is 0 Å². The highest BCUT2D eigenvalue weighted by molar-refractivity contribution is 6.44. The molecule has 0 aromatic heterocycles. The standard InChI is InChI=1S/C23H25Cl2N3O5/c1-13-9-14(2)12-27(11-13)19-8-7-16(10-20(19)28(31)32)23(30)33-15(3)22(29)26-18-6-4-5-17(24)21(18)25/h4-8,10,13-15H,9,11-12H2,1-3H3,(H,26,29). The molecule has 1 amide bonds. The van der Waals surface area contributed by atoms with Crippen molar-refractivity contribution in [2.24, 2.45) is 11.8 Å². The molecule has 3 unspecified atom stereocenters. The lowest BCUT2D eigenvalue weighted by Gasteiger charge is -2.36. The third-order valence-corrected chi connectivity index (χ3v) is 6.30. The van der Waals surface area contributed by atoms with Gasteiger partial charge in [-0.15, -0.1) is 0 Å². The Morgan fingerprint density at radius 1 is 1.18 bits per heavy atom. The molecular weight excluding hydrogens is 469 g/mol. The van der Waals surface area contributed by atoms with Gasteiger partial charge in [-0.05, 0) is 49.4 Å². The van der Waals surface area contributed by atoms with E-state index in [4.69, 9.17) is 27.9 Å². The van der Waals surface area contributed by atoms with E-state index in [0.717, 1.165) is 6.42 Å². The number of benzene rings is 2. The average Bonchev–Trinajstić information content (AvgIpc) is 2.75. The van der Waals surface area contributed by atoms with Crippen molar-refractivity contribution in [1.29, 1.82) is 0 Å². The Kier molecular flexibility index (Phi) is 7.81. The minimum atomic E-state index is -1.17. The molecule has 0 saturated carbocycles. The Morgan fingerprint density at radius 2 is 1.85 bits per heavy atom. The van der Waals surface area contributed by atoms with E-state index in [0.29, 0.717) is 30.6 Å². The molecule has 176 valence electrons. The van der Waals surface area contributed by atoms with Crippen LogP contribution in [-0.2, 0) is 9.53 Å². The number of piperidine rings is 1. The number of hydrogen-bond acceptors (Lipinski definition) is 6. The second kappa shape index (κ2) is 10.4. The van der Waals surface area contributed by atoms with E-state index in [-0.39, 0.29) is 27.0 Å². The maximum Gasteiger partial charge on any atom is 0.339 e. The zero-order valence-electron chi connectivity index (χ0n) is 18.5. The van der Waals surface area contributed by atoms with Crippen LogP contribution < -0.4 is 10.2 Å². The topological polar surface area (TPSA) is 102 Å². The lowest BCUT2D eigenvalue weighted by atomic mass is 9.91. The number of nitrogens with one attached hydrogen (secondary N) is 1. The minimum Gasteiger partial charge on any atom is -0.449 e. The second-order valence-corrected chi connectivity index (χ2v) is 9.23. The van der Waals surface area contributed by atoms with Crippen molar-refractivity contribution >= 4 is 52.1 Å². The molecule has 0 bridgehead atoms. The number of nitro groups is 1. The summed E-state index contributed by atoms with van der Waals surface area (Å²) in [6.07, 6.45) is -0.107. The van der Waals surface area contributed by atoms with Crippen molar-refractivity contribution in [2.75, 3.05) is 23.3 Å². The maximum atomic E-state index is 12.6. The first kappa shape index (κ1) is 24.8. The van der Waals surface area contributed by atoms with E-state index >= 15 is 0 Å². The van der Waals surface area contributed by atoms with Crippen LogP contribution in [0.25, 0.3) is 0 Å². The van der Waals surface area contributed by atoms with E-state index in [1.54, 1.807) is 24.3 Å². The Labute approximate surface area is 202 Å². The summed E-state index contributed by atoms with van der Waals surface area (Å²) in [4.78, 5) is 38.3.